The largest absolute Gasteiger partial charge is 0.378 e. The predicted molar refractivity (Wildman–Crippen MR) is 66.5 cm³/mol. The summed E-state index contributed by atoms with van der Waals surface area (Å²) in [5.74, 6) is 0.896. The van der Waals surface area contributed by atoms with Gasteiger partial charge in [0.05, 0.1) is 6.10 Å². The van der Waals surface area contributed by atoms with E-state index in [1.807, 2.05) is 0 Å². The second-order valence-corrected chi connectivity index (χ2v) is 5.53. The van der Waals surface area contributed by atoms with Crippen molar-refractivity contribution in [3.05, 3.63) is 0 Å². The first-order valence-corrected chi connectivity index (χ1v) is 7.40. The van der Waals surface area contributed by atoms with Gasteiger partial charge in [0.2, 0.25) is 0 Å². The van der Waals surface area contributed by atoms with Crippen molar-refractivity contribution in [2.45, 2.75) is 38.2 Å². The van der Waals surface area contributed by atoms with E-state index in [0.29, 0.717) is 6.10 Å². The molecule has 2 nitrogen and oxygen atoms in total. The van der Waals surface area contributed by atoms with Crippen LogP contribution in [0.3, 0.4) is 0 Å². The van der Waals surface area contributed by atoms with Gasteiger partial charge in [-0.2, -0.15) is 0 Å². The van der Waals surface area contributed by atoms with Gasteiger partial charge in [-0.3, -0.25) is 0 Å². The Kier molecular flexibility index (Phi) is 4.92. The Bertz CT molecular complexity index is 182. The minimum atomic E-state index is 0.583. The monoisotopic (exact) mass is 275 g/mol. The van der Waals surface area contributed by atoms with Gasteiger partial charge in [-0.25, -0.2) is 0 Å². The van der Waals surface area contributed by atoms with Crippen LogP contribution in [-0.4, -0.2) is 42.6 Å². The summed E-state index contributed by atoms with van der Waals surface area (Å²) in [6.07, 6.45) is 7.13. The SMILES string of the molecule is BrCC1CCN(CCCC2CCCO2)C1. The van der Waals surface area contributed by atoms with E-state index in [-0.39, 0.29) is 0 Å². The minimum Gasteiger partial charge on any atom is -0.378 e. The number of nitrogens with zero attached hydrogens (tertiary/aromatic N) is 1. The highest BCUT2D eigenvalue weighted by Gasteiger charge is 2.21. The van der Waals surface area contributed by atoms with E-state index in [1.54, 1.807) is 0 Å². The van der Waals surface area contributed by atoms with Crippen molar-refractivity contribution in [2.75, 3.05) is 31.6 Å². The van der Waals surface area contributed by atoms with E-state index in [0.717, 1.165) is 12.5 Å². The summed E-state index contributed by atoms with van der Waals surface area (Å²) >= 11 is 3.58. The van der Waals surface area contributed by atoms with Crippen LogP contribution in [0, 0.1) is 5.92 Å². The lowest BCUT2D eigenvalue weighted by atomic mass is 10.1. The summed E-state index contributed by atoms with van der Waals surface area (Å²) in [4.78, 5) is 2.61. The van der Waals surface area contributed by atoms with E-state index >= 15 is 0 Å². The number of rotatable bonds is 5. The van der Waals surface area contributed by atoms with Crippen molar-refractivity contribution in [2.24, 2.45) is 5.92 Å². The lowest BCUT2D eigenvalue weighted by Crippen LogP contribution is -2.23. The first-order chi connectivity index (χ1) is 7.38. The molecule has 0 spiro atoms. The lowest BCUT2D eigenvalue weighted by Gasteiger charge is -2.16. The first-order valence-electron chi connectivity index (χ1n) is 6.28. The third kappa shape index (κ3) is 3.72. The highest BCUT2D eigenvalue weighted by Crippen LogP contribution is 2.20. The van der Waals surface area contributed by atoms with Crippen LogP contribution in [0.1, 0.15) is 32.1 Å². The predicted octanol–water partition coefficient (Wildman–Crippen LogP) is 2.66. The standard InChI is InChI=1S/C12H22BrNO/c13-9-11-5-7-14(10-11)6-1-3-12-4-2-8-15-12/h11-12H,1-10H2. The molecule has 0 aliphatic carbocycles. The summed E-state index contributed by atoms with van der Waals surface area (Å²) in [6, 6.07) is 0. The van der Waals surface area contributed by atoms with Crippen LogP contribution in [0.2, 0.25) is 0 Å². The molecule has 2 saturated heterocycles. The van der Waals surface area contributed by atoms with Gasteiger partial charge >= 0.3 is 0 Å². The fourth-order valence-electron chi connectivity index (χ4n) is 2.66. The molecule has 2 heterocycles. The molecule has 0 saturated carbocycles. The van der Waals surface area contributed by atoms with E-state index in [4.69, 9.17) is 4.74 Å². The number of halogens is 1. The van der Waals surface area contributed by atoms with E-state index in [2.05, 4.69) is 20.8 Å². The van der Waals surface area contributed by atoms with Gasteiger partial charge in [0, 0.05) is 18.5 Å². The second kappa shape index (κ2) is 6.21. The van der Waals surface area contributed by atoms with Crippen LogP contribution in [0.25, 0.3) is 0 Å². The van der Waals surface area contributed by atoms with E-state index in [1.165, 1.54) is 57.1 Å². The van der Waals surface area contributed by atoms with Crippen molar-refractivity contribution in [1.29, 1.82) is 0 Å². The Morgan fingerprint density at radius 1 is 1.33 bits per heavy atom. The molecule has 0 bridgehead atoms. The number of hydrogen-bond donors (Lipinski definition) is 0. The summed E-state index contributed by atoms with van der Waals surface area (Å²) in [7, 11) is 0. The van der Waals surface area contributed by atoms with Crippen LogP contribution in [0.5, 0.6) is 0 Å². The smallest absolute Gasteiger partial charge is 0.0576 e. The number of hydrogen-bond acceptors (Lipinski definition) is 2. The Morgan fingerprint density at radius 3 is 2.93 bits per heavy atom. The molecule has 15 heavy (non-hydrogen) atoms. The summed E-state index contributed by atoms with van der Waals surface area (Å²) < 4.78 is 5.63. The van der Waals surface area contributed by atoms with Gasteiger partial charge in [0.25, 0.3) is 0 Å². The summed E-state index contributed by atoms with van der Waals surface area (Å²) in [5, 5.41) is 1.18. The quantitative estimate of drug-likeness (QED) is 0.716. The maximum atomic E-state index is 5.63. The molecule has 0 aromatic carbocycles. The molecule has 2 unspecified atom stereocenters. The second-order valence-electron chi connectivity index (χ2n) is 4.89. The third-order valence-electron chi connectivity index (χ3n) is 3.61. The van der Waals surface area contributed by atoms with Crippen molar-refractivity contribution >= 4 is 15.9 Å². The molecule has 0 amide bonds. The Balaban J connectivity index is 1.54. The first kappa shape index (κ1) is 11.9. The molecule has 2 rings (SSSR count). The third-order valence-corrected chi connectivity index (χ3v) is 4.53. The Labute approximate surface area is 101 Å². The normalized spacial score (nSPS) is 32.6. The van der Waals surface area contributed by atoms with Gasteiger partial charge in [-0.05, 0) is 51.1 Å². The zero-order valence-corrected chi connectivity index (χ0v) is 11.0. The van der Waals surface area contributed by atoms with Gasteiger partial charge in [0.15, 0.2) is 0 Å². The van der Waals surface area contributed by atoms with Crippen molar-refractivity contribution in [3.8, 4) is 0 Å². The fraction of sp³-hybridized carbons (Fsp3) is 1.00. The fourth-order valence-corrected chi connectivity index (χ4v) is 3.18. The van der Waals surface area contributed by atoms with Crippen LogP contribution in [0.15, 0.2) is 0 Å². The maximum Gasteiger partial charge on any atom is 0.0576 e. The molecular weight excluding hydrogens is 254 g/mol. The van der Waals surface area contributed by atoms with Gasteiger partial charge in [-0.1, -0.05) is 15.9 Å². The van der Waals surface area contributed by atoms with Crippen LogP contribution in [-0.2, 0) is 4.74 Å². The molecule has 88 valence electrons. The topological polar surface area (TPSA) is 12.5 Å². The molecule has 0 aromatic rings. The molecular formula is C12H22BrNO. The summed E-state index contributed by atoms with van der Waals surface area (Å²) in [5.41, 5.74) is 0. The van der Waals surface area contributed by atoms with Crippen LogP contribution in [0.4, 0.5) is 0 Å². The highest BCUT2D eigenvalue weighted by molar-refractivity contribution is 9.09. The molecule has 2 aliphatic heterocycles. The molecule has 2 aliphatic rings. The number of alkyl halides is 1. The Hall–Kier alpha value is 0.400. The number of likely N-dealkylation sites (tertiary alicyclic amines) is 1. The molecule has 0 N–H and O–H groups in total. The Morgan fingerprint density at radius 2 is 2.27 bits per heavy atom. The van der Waals surface area contributed by atoms with Gasteiger partial charge < -0.3 is 9.64 Å². The molecule has 2 fully saturated rings. The average Bonchev–Trinajstić information content (AvgIpc) is 2.88. The number of ether oxygens (including phenoxy) is 1. The lowest BCUT2D eigenvalue weighted by molar-refractivity contribution is 0.0996. The van der Waals surface area contributed by atoms with Gasteiger partial charge in [-0.15, -0.1) is 0 Å². The highest BCUT2D eigenvalue weighted by atomic mass is 79.9. The van der Waals surface area contributed by atoms with Crippen LogP contribution < -0.4 is 0 Å². The molecule has 0 radical (unpaired) electrons. The average molecular weight is 276 g/mol. The summed E-state index contributed by atoms with van der Waals surface area (Å²) in [6.45, 7) is 4.89. The molecule has 0 aromatic heterocycles. The zero-order chi connectivity index (χ0) is 10.5. The molecule has 2 atom stereocenters. The van der Waals surface area contributed by atoms with E-state index < -0.39 is 0 Å². The van der Waals surface area contributed by atoms with Gasteiger partial charge in [0.1, 0.15) is 0 Å². The van der Waals surface area contributed by atoms with Crippen molar-refractivity contribution in [3.63, 3.8) is 0 Å². The zero-order valence-electron chi connectivity index (χ0n) is 9.46. The molecule has 3 heteroatoms. The van der Waals surface area contributed by atoms with Crippen LogP contribution >= 0.6 is 15.9 Å². The maximum absolute atomic E-state index is 5.63. The minimum absolute atomic E-state index is 0.583. The van der Waals surface area contributed by atoms with E-state index in [9.17, 15) is 0 Å². The van der Waals surface area contributed by atoms with Crippen molar-refractivity contribution < 1.29 is 4.74 Å². The van der Waals surface area contributed by atoms with Crippen molar-refractivity contribution in [1.82, 2.24) is 4.90 Å².